The smallest absolute Gasteiger partial charge is 0.191 e. The molecule has 26 heavy (non-hydrogen) atoms. The van der Waals surface area contributed by atoms with Crippen molar-refractivity contribution in [1.82, 2.24) is 25.4 Å². The van der Waals surface area contributed by atoms with Crippen LogP contribution in [-0.2, 0) is 13.1 Å². The second-order valence-corrected chi connectivity index (χ2v) is 6.94. The van der Waals surface area contributed by atoms with Gasteiger partial charge in [-0.2, -0.15) is 5.10 Å². The number of nitrogens with zero attached hydrogens (tertiary/aromatic N) is 4. The van der Waals surface area contributed by atoms with E-state index in [0.29, 0.717) is 6.54 Å². The minimum atomic E-state index is 0. The summed E-state index contributed by atoms with van der Waals surface area (Å²) in [5.41, 5.74) is 2.14. The van der Waals surface area contributed by atoms with Crippen LogP contribution in [0.5, 0.6) is 0 Å². The fraction of sp³-hybridized carbons (Fsp3) is 0.278. The number of nitrogens with one attached hydrogen (secondary N) is 2. The van der Waals surface area contributed by atoms with E-state index in [1.807, 2.05) is 12.1 Å². The first-order valence-electron chi connectivity index (χ1n) is 8.26. The molecule has 0 bridgehead atoms. The van der Waals surface area contributed by atoms with Gasteiger partial charge in [-0.05, 0) is 43.7 Å². The minimum absolute atomic E-state index is 0. The standard InChI is InChI=1S/C18H22N6S.HI/c1-3-20-18(22-11-17-9-4-14(2)25-17)21-10-15-5-7-16(8-6-15)24-13-19-12-23-24;/h4-9,12-13H,3,10-11H2,1-2H3,(H2,20,21,22);1H. The van der Waals surface area contributed by atoms with Crippen molar-refractivity contribution >= 4 is 41.3 Å². The number of aliphatic imine (C=N–C) groups is 1. The fourth-order valence-electron chi connectivity index (χ4n) is 2.36. The normalized spacial score (nSPS) is 11.1. The SMILES string of the molecule is CCNC(=NCc1ccc(-n2cncn2)cc1)NCc1ccc(C)s1.I. The molecule has 0 saturated carbocycles. The number of hydrogen-bond donors (Lipinski definition) is 2. The van der Waals surface area contributed by atoms with Gasteiger partial charge in [-0.1, -0.05) is 12.1 Å². The molecule has 0 fully saturated rings. The molecule has 6 nitrogen and oxygen atoms in total. The summed E-state index contributed by atoms with van der Waals surface area (Å²) in [6.07, 6.45) is 3.22. The molecule has 0 aliphatic rings. The van der Waals surface area contributed by atoms with E-state index in [-0.39, 0.29) is 24.0 Å². The molecule has 3 aromatic rings. The monoisotopic (exact) mass is 482 g/mol. The van der Waals surface area contributed by atoms with Crippen LogP contribution in [0.1, 0.15) is 22.2 Å². The van der Waals surface area contributed by atoms with E-state index in [0.717, 1.165) is 30.3 Å². The molecule has 0 atom stereocenters. The Kier molecular flexibility index (Phi) is 8.05. The van der Waals surface area contributed by atoms with E-state index in [9.17, 15) is 0 Å². The van der Waals surface area contributed by atoms with E-state index >= 15 is 0 Å². The van der Waals surface area contributed by atoms with Gasteiger partial charge in [0.05, 0.1) is 18.8 Å². The summed E-state index contributed by atoms with van der Waals surface area (Å²) in [5, 5.41) is 10.8. The number of aromatic nitrogens is 3. The van der Waals surface area contributed by atoms with E-state index in [1.54, 1.807) is 22.3 Å². The van der Waals surface area contributed by atoms with E-state index in [4.69, 9.17) is 0 Å². The van der Waals surface area contributed by atoms with E-state index in [2.05, 4.69) is 63.8 Å². The number of rotatable bonds is 6. The molecule has 3 rings (SSSR count). The molecule has 0 aliphatic carbocycles. The average Bonchev–Trinajstić information content (AvgIpc) is 3.30. The molecule has 138 valence electrons. The highest BCUT2D eigenvalue weighted by atomic mass is 127. The van der Waals surface area contributed by atoms with Crippen molar-refractivity contribution < 1.29 is 0 Å². The fourth-order valence-corrected chi connectivity index (χ4v) is 3.19. The Bertz CT molecular complexity index is 811. The molecule has 0 radical (unpaired) electrons. The lowest BCUT2D eigenvalue weighted by Gasteiger charge is -2.10. The van der Waals surface area contributed by atoms with E-state index in [1.165, 1.54) is 16.1 Å². The number of thiophene rings is 1. The van der Waals surface area contributed by atoms with Crippen LogP contribution in [-0.4, -0.2) is 27.3 Å². The summed E-state index contributed by atoms with van der Waals surface area (Å²) in [6, 6.07) is 12.5. The van der Waals surface area contributed by atoms with Gasteiger partial charge in [0.2, 0.25) is 0 Å². The van der Waals surface area contributed by atoms with Crippen molar-refractivity contribution in [3.05, 3.63) is 64.4 Å². The Labute approximate surface area is 174 Å². The Balaban J connectivity index is 0.00000243. The topological polar surface area (TPSA) is 67.1 Å². The van der Waals surface area contributed by atoms with Crippen LogP contribution < -0.4 is 10.6 Å². The molecule has 8 heteroatoms. The van der Waals surface area contributed by atoms with Gasteiger partial charge in [-0.25, -0.2) is 14.7 Å². The highest BCUT2D eigenvalue weighted by molar-refractivity contribution is 14.0. The van der Waals surface area contributed by atoms with Gasteiger partial charge < -0.3 is 10.6 Å². The first-order chi connectivity index (χ1) is 12.2. The van der Waals surface area contributed by atoms with Crippen molar-refractivity contribution in [2.75, 3.05) is 6.54 Å². The first-order valence-corrected chi connectivity index (χ1v) is 9.07. The number of benzene rings is 1. The van der Waals surface area contributed by atoms with Gasteiger partial charge in [0.15, 0.2) is 5.96 Å². The van der Waals surface area contributed by atoms with Crippen LogP contribution in [0.15, 0.2) is 54.0 Å². The van der Waals surface area contributed by atoms with Crippen LogP contribution in [0.4, 0.5) is 0 Å². The summed E-state index contributed by atoms with van der Waals surface area (Å²) >= 11 is 1.80. The molecule has 0 aliphatic heterocycles. The predicted molar refractivity (Wildman–Crippen MR) is 117 cm³/mol. The minimum Gasteiger partial charge on any atom is -0.357 e. The molecule has 0 spiro atoms. The average molecular weight is 482 g/mol. The van der Waals surface area contributed by atoms with Crippen molar-refractivity contribution in [2.24, 2.45) is 4.99 Å². The predicted octanol–water partition coefficient (Wildman–Crippen LogP) is 3.51. The zero-order chi connectivity index (χ0) is 17.5. The first kappa shape index (κ1) is 20.4. The molecule has 2 N–H and O–H groups in total. The second kappa shape index (κ2) is 10.3. The summed E-state index contributed by atoms with van der Waals surface area (Å²) < 4.78 is 1.74. The lowest BCUT2D eigenvalue weighted by Crippen LogP contribution is -2.36. The third-order valence-electron chi connectivity index (χ3n) is 3.61. The molecule has 0 amide bonds. The van der Waals surface area contributed by atoms with Crippen LogP contribution in [0, 0.1) is 6.92 Å². The quantitative estimate of drug-likeness (QED) is 0.321. The van der Waals surface area contributed by atoms with Crippen molar-refractivity contribution in [1.29, 1.82) is 0 Å². The molecule has 1 aromatic carbocycles. The third-order valence-corrected chi connectivity index (χ3v) is 4.61. The van der Waals surface area contributed by atoms with Gasteiger partial charge >= 0.3 is 0 Å². The molecular weight excluding hydrogens is 459 g/mol. The van der Waals surface area contributed by atoms with Gasteiger partial charge in [0.1, 0.15) is 12.7 Å². The zero-order valence-corrected chi connectivity index (χ0v) is 18.0. The highest BCUT2D eigenvalue weighted by Crippen LogP contribution is 2.14. The number of hydrogen-bond acceptors (Lipinski definition) is 4. The summed E-state index contributed by atoms with van der Waals surface area (Å²) in [7, 11) is 0. The summed E-state index contributed by atoms with van der Waals surface area (Å²) in [4.78, 5) is 11.3. The number of guanidine groups is 1. The Morgan fingerprint density at radius 1 is 1.15 bits per heavy atom. The lowest BCUT2D eigenvalue weighted by molar-refractivity contribution is 0.823. The van der Waals surface area contributed by atoms with Gasteiger partial charge in [-0.15, -0.1) is 35.3 Å². The van der Waals surface area contributed by atoms with Crippen molar-refractivity contribution in [3.8, 4) is 5.69 Å². The highest BCUT2D eigenvalue weighted by Gasteiger charge is 2.01. The van der Waals surface area contributed by atoms with Crippen molar-refractivity contribution in [2.45, 2.75) is 26.9 Å². The summed E-state index contributed by atoms with van der Waals surface area (Å²) in [5.74, 6) is 0.828. The number of aryl methyl sites for hydroxylation is 1. The van der Waals surface area contributed by atoms with E-state index < -0.39 is 0 Å². The zero-order valence-electron chi connectivity index (χ0n) is 14.8. The molecule has 2 aromatic heterocycles. The Hall–Kier alpha value is -1.94. The third kappa shape index (κ3) is 5.80. The maximum atomic E-state index is 4.66. The van der Waals surface area contributed by atoms with Crippen LogP contribution in [0.3, 0.4) is 0 Å². The molecule has 0 unspecified atom stereocenters. The van der Waals surface area contributed by atoms with Crippen LogP contribution in [0.25, 0.3) is 5.69 Å². The summed E-state index contributed by atoms with van der Waals surface area (Å²) in [6.45, 7) is 6.43. The molecule has 0 saturated heterocycles. The maximum absolute atomic E-state index is 4.66. The maximum Gasteiger partial charge on any atom is 0.191 e. The Morgan fingerprint density at radius 2 is 1.96 bits per heavy atom. The van der Waals surface area contributed by atoms with Gasteiger partial charge in [0.25, 0.3) is 0 Å². The molecular formula is C18H23IN6S. The van der Waals surface area contributed by atoms with Gasteiger partial charge in [-0.3, -0.25) is 0 Å². The molecule has 2 heterocycles. The van der Waals surface area contributed by atoms with Gasteiger partial charge in [0, 0.05) is 16.3 Å². The lowest BCUT2D eigenvalue weighted by atomic mass is 10.2. The largest absolute Gasteiger partial charge is 0.357 e. The Morgan fingerprint density at radius 3 is 2.58 bits per heavy atom. The number of halogens is 1. The van der Waals surface area contributed by atoms with Crippen LogP contribution >= 0.6 is 35.3 Å². The van der Waals surface area contributed by atoms with Crippen LogP contribution in [0.2, 0.25) is 0 Å². The second-order valence-electron chi connectivity index (χ2n) is 5.57. The van der Waals surface area contributed by atoms with Crippen molar-refractivity contribution in [3.63, 3.8) is 0 Å².